The van der Waals surface area contributed by atoms with E-state index >= 15 is 0 Å². The Morgan fingerprint density at radius 1 is 1.64 bits per heavy atom. The van der Waals surface area contributed by atoms with Crippen molar-refractivity contribution in [2.45, 2.75) is 39.3 Å². The average Bonchev–Trinajstić information content (AvgIpc) is 2.51. The molecule has 1 heterocycles. The first-order chi connectivity index (χ1) is 6.44. The minimum Gasteiger partial charge on any atom is -0.444 e. The largest absolute Gasteiger partial charge is 0.444 e. The quantitative estimate of drug-likeness (QED) is 0.796. The van der Waals surface area contributed by atoms with E-state index in [1.165, 1.54) is 0 Å². The lowest BCUT2D eigenvalue weighted by atomic mass is 10.1. The van der Waals surface area contributed by atoms with Gasteiger partial charge in [0.1, 0.15) is 11.3 Å². The fourth-order valence-electron chi connectivity index (χ4n) is 1.21. The molecule has 0 aromatic carbocycles. The summed E-state index contributed by atoms with van der Waals surface area (Å²) in [5, 5.41) is 11.9. The van der Waals surface area contributed by atoms with E-state index < -0.39 is 5.54 Å². The van der Waals surface area contributed by atoms with Crippen LogP contribution in [0.1, 0.15) is 38.5 Å². The summed E-state index contributed by atoms with van der Waals surface area (Å²) in [6, 6.07) is 2.11. The zero-order chi connectivity index (χ0) is 10.8. The average molecular weight is 193 g/mol. The molecule has 0 aliphatic rings. The molecule has 76 valence electrons. The highest BCUT2D eigenvalue weighted by Gasteiger charge is 2.22. The first-order valence-corrected chi connectivity index (χ1v) is 4.56. The zero-order valence-corrected chi connectivity index (χ0v) is 8.96. The summed E-state index contributed by atoms with van der Waals surface area (Å²) in [4.78, 5) is 4.10. The predicted molar refractivity (Wildman–Crippen MR) is 52.5 cm³/mol. The Bertz CT molecular complexity index is 348. The molecule has 1 unspecified atom stereocenters. The van der Waals surface area contributed by atoms with Crippen LogP contribution in [-0.2, 0) is 0 Å². The van der Waals surface area contributed by atoms with Gasteiger partial charge < -0.3 is 4.42 Å². The third-order valence-corrected chi connectivity index (χ3v) is 1.87. The number of rotatable bonds is 3. The molecule has 0 spiro atoms. The van der Waals surface area contributed by atoms with Gasteiger partial charge in [0, 0.05) is 0 Å². The van der Waals surface area contributed by atoms with Crippen molar-refractivity contribution in [3.05, 3.63) is 17.8 Å². The zero-order valence-electron chi connectivity index (χ0n) is 8.96. The SMILES string of the molecule is Cc1cnc(C(C)NC(C)(C)C#N)o1. The number of nitriles is 1. The van der Waals surface area contributed by atoms with Crippen molar-refractivity contribution in [3.63, 3.8) is 0 Å². The van der Waals surface area contributed by atoms with Gasteiger partial charge in [0.2, 0.25) is 5.89 Å². The van der Waals surface area contributed by atoms with Crippen LogP contribution in [0.5, 0.6) is 0 Å². The van der Waals surface area contributed by atoms with Crippen LogP contribution in [0.15, 0.2) is 10.6 Å². The molecule has 0 bridgehead atoms. The Kier molecular flexibility index (Phi) is 2.92. The minimum absolute atomic E-state index is 0.0571. The van der Waals surface area contributed by atoms with Gasteiger partial charge in [-0.15, -0.1) is 0 Å². The molecule has 14 heavy (non-hydrogen) atoms. The van der Waals surface area contributed by atoms with E-state index in [0.717, 1.165) is 5.76 Å². The number of aryl methyl sites for hydroxylation is 1. The maximum Gasteiger partial charge on any atom is 0.211 e. The number of aromatic nitrogens is 1. The van der Waals surface area contributed by atoms with Crippen molar-refractivity contribution >= 4 is 0 Å². The van der Waals surface area contributed by atoms with Crippen LogP contribution >= 0.6 is 0 Å². The summed E-state index contributed by atoms with van der Waals surface area (Å²) in [7, 11) is 0. The normalized spacial score (nSPS) is 13.6. The molecule has 0 amide bonds. The lowest BCUT2D eigenvalue weighted by Crippen LogP contribution is -2.39. The maximum absolute atomic E-state index is 8.83. The Morgan fingerprint density at radius 2 is 2.29 bits per heavy atom. The predicted octanol–water partition coefficient (Wildman–Crippen LogP) is 1.94. The van der Waals surface area contributed by atoms with Crippen LogP contribution in [0, 0.1) is 18.3 Å². The molecule has 1 aromatic rings. The standard InChI is InChI=1S/C10H15N3O/c1-7-5-12-9(14-7)8(2)13-10(3,4)6-11/h5,8,13H,1-4H3. The molecule has 0 radical (unpaired) electrons. The fraction of sp³-hybridized carbons (Fsp3) is 0.600. The first-order valence-electron chi connectivity index (χ1n) is 4.56. The molecule has 1 atom stereocenters. The summed E-state index contributed by atoms with van der Waals surface area (Å²) in [5.41, 5.74) is -0.568. The molecule has 0 aliphatic heterocycles. The molecule has 0 saturated heterocycles. The van der Waals surface area contributed by atoms with Crippen LogP contribution in [-0.4, -0.2) is 10.5 Å². The van der Waals surface area contributed by atoms with Crippen molar-refractivity contribution in [2.24, 2.45) is 0 Å². The lowest BCUT2D eigenvalue weighted by molar-refractivity contribution is 0.353. The Morgan fingerprint density at radius 3 is 2.71 bits per heavy atom. The molecule has 0 saturated carbocycles. The van der Waals surface area contributed by atoms with E-state index in [-0.39, 0.29) is 6.04 Å². The third-order valence-electron chi connectivity index (χ3n) is 1.87. The molecule has 0 fully saturated rings. The van der Waals surface area contributed by atoms with E-state index in [2.05, 4.69) is 16.4 Å². The molecule has 1 aromatic heterocycles. The van der Waals surface area contributed by atoms with Gasteiger partial charge >= 0.3 is 0 Å². The maximum atomic E-state index is 8.83. The van der Waals surface area contributed by atoms with E-state index in [1.54, 1.807) is 6.20 Å². The van der Waals surface area contributed by atoms with Gasteiger partial charge in [-0.25, -0.2) is 4.98 Å². The number of hydrogen-bond acceptors (Lipinski definition) is 4. The van der Waals surface area contributed by atoms with Gasteiger partial charge in [0.05, 0.1) is 18.3 Å². The van der Waals surface area contributed by atoms with Crippen LogP contribution in [0.2, 0.25) is 0 Å². The fourth-order valence-corrected chi connectivity index (χ4v) is 1.21. The van der Waals surface area contributed by atoms with Crippen molar-refractivity contribution in [3.8, 4) is 6.07 Å². The summed E-state index contributed by atoms with van der Waals surface area (Å²) < 4.78 is 5.35. The number of nitrogens with zero attached hydrogens (tertiary/aromatic N) is 2. The van der Waals surface area contributed by atoms with E-state index in [1.807, 2.05) is 27.7 Å². The number of hydrogen-bond donors (Lipinski definition) is 1. The van der Waals surface area contributed by atoms with Crippen molar-refractivity contribution in [1.29, 1.82) is 5.26 Å². The molecule has 1 rings (SSSR count). The van der Waals surface area contributed by atoms with Crippen molar-refractivity contribution < 1.29 is 4.42 Å². The van der Waals surface area contributed by atoms with Gasteiger partial charge in [-0.1, -0.05) is 0 Å². The van der Waals surface area contributed by atoms with Crippen molar-refractivity contribution in [1.82, 2.24) is 10.3 Å². The van der Waals surface area contributed by atoms with E-state index in [4.69, 9.17) is 9.68 Å². The number of oxazole rings is 1. The summed E-state index contributed by atoms with van der Waals surface area (Å²) >= 11 is 0. The van der Waals surface area contributed by atoms with Crippen LogP contribution in [0.25, 0.3) is 0 Å². The van der Waals surface area contributed by atoms with Gasteiger partial charge in [-0.2, -0.15) is 5.26 Å². The highest BCUT2D eigenvalue weighted by Crippen LogP contribution is 2.15. The Balaban J connectivity index is 2.69. The Hall–Kier alpha value is -1.34. The van der Waals surface area contributed by atoms with Crippen molar-refractivity contribution in [2.75, 3.05) is 0 Å². The second-order valence-electron chi connectivity index (χ2n) is 3.91. The molecule has 4 heteroatoms. The molecular weight excluding hydrogens is 178 g/mol. The smallest absolute Gasteiger partial charge is 0.211 e. The highest BCUT2D eigenvalue weighted by atomic mass is 16.4. The Labute approximate surface area is 83.9 Å². The number of nitrogens with one attached hydrogen (secondary N) is 1. The van der Waals surface area contributed by atoms with Gasteiger partial charge in [0.15, 0.2) is 0 Å². The lowest BCUT2D eigenvalue weighted by Gasteiger charge is -2.21. The van der Waals surface area contributed by atoms with Crippen LogP contribution in [0.4, 0.5) is 0 Å². The topological polar surface area (TPSA) is 61.9 Å². The molecular formula is C10H15N3O. The van der Waals surface area contributed by atoms with Crippen LogP contribution < -0.4 is 5.32 Å². The molecule has 0 aliphatic carbocycles. The van der Waals surface area contributed by atoms with Crippen LogP contribution in [0.3, 0.4) is 0 Å². The summed E-state index contributed by atoms with van der Waals surface area (Å²) in [5.74, 6) is 1.40. The molecule has 1 N–H and O–H groups in total. The van der Waals surface area contributed by atoms with E-state index in [0.29, 0.717) is 5.89 Å². The summed E-state index contributed by atoms with van der Waals surface area (Å²) in [6.07, 6.45) is 1.67. The third kappa shape index (κ3) is 2.57. The van der Waals surface area contributed by atoms with E-state index in [9.17, 15) is 0 Å². The van der Waals surface area contributed by atoms with Gasteiger partial charge in [-0.05, 0) is 27.7 Å². The second-order valence-corrected chi connectivity index (χ2v) is 3.91. The van der Waals surface area contributed by atoms with Gasteiger partial charge in [0.25, 0.3) is 0 Å². The minimum atomic E-state index is -0.568. The first kappa shape index (κ1) is 10.7. The highest BCUT2D eigenvalue weighted by molar-refractivity contribution is 5.04. The van der Waals surface area contributed by atoms with Gasteiger partial charge in [-0.3, -0.25) is 5.32 Å². The summed E-state index contributed by atoms with van der Waals surface area (Å²) in [6.45, 7) is 7.40. The monoisotopic (exact) mass is 193 g/mol. The molecule has 4 nitrogen and oxygen atoms in total. The second kappa shape index (κ2) is 3.81.